The van der Waals surface area contributed by atoms with E-state index in [1.165, 1.54) is 0 Å². The van der Waals surface area contributed by atoms with Crippen molar-refractivity contribution in [2.75, 3.05) is 50.6 Å². The van der Waals surface area contributed by atoms with Gasteiger partial charge in [0.15, 0.2) is 5.82 Å². The zero-order valence-electron chi connectivity index (χ0n) is 18.6. The minimum Gasteiger partial charge on any atom is -0.481 e. The molecule has 5 rings (SSSR count). The van der Waals surface area contributed by atoms with Crippen LogP contribution in [0, 0.1) is 0 Å². The van der Waals surface area contributed by atoms with Crippen molar-refractivity contribution in [3.63, 3.8) is 0 Å². The first kappa shape index (κ1) is 21.7. The average Bonchev–Trinajstić information content (AvgIpc) is 3.35. The number of hydrogen-bond donors (Lipinski definition) is 2. The molecule has 1 aliphatic heterocycles. The summed E-state index contributed by atoms with van der Waals surface area (Å²) in [5.41, 5.74) is 2.57. The normalized spacial score (nSPS) is 14.1. The molecule has 1 aliphatic rings. The van der Waals surface area contributed by atoms with E-state index in [-0.39, 0.29) is 5.91 Å². The summed E-state index contributed by atoms with van der Waals surface area (Å²) < 4.78 is 12.3. The lowest BCUT2D eigenvalue weighted by molar-refractivity contribution is -0.118. The molecule has 0 atom stereocenters. The Morgan fingerprint density at radius 3 is 2.85 bits per heavy atom. The first-order valence-corrected chi connectivity index (χ1v) is 10.9. The second-order valence-corrected chi connectivity index (χ2v) is 7.67. The van der Waals surface area contributed by atoms with Crippen molar-refractivity contribution in [2.24, 2.45) is 0 Å². The molecule has 4 aromatic heterocycles. The molecule has 5 heterocycles. The second kappa shape index (κ2) is 9.81. The van der Waals surface area contributed by atoms with Crippen molar-refractivity contribution in [3.05, 3.63) is 55.0 Å². The van der Waals surface area contributed by atoms with Gasteiger partial charge in [-0.3, -0.25) is 14.7 Å². The van der Waals surface area contributed by atoms with E-state index in [9.17, 15) is 4.79 Å². The van der Waals surface area contributed by atoms with Crippen LogP contribution in [0.5, 0.6) is 5.88 Å². The van der Waals surface area contributed by atoms with E-state index in [0.29, 0.717) is 54.3 Å². The summed E-state index contributed by atoms with van der Waals surface area (Å²) in [6, 6.07) is 11.0. The van der Waals surface area contributed by atoms with Gasteiger partial charge in [0.25, 0.3) is 0 Å². The quantitative estimate of drug-likeness (QED) is 0.428. The summed E-state index contributed by atoms with van der Waals surface area (Å²) in [4.78, 5) is 28.0. The molecule has 34 heavy (non-hydrogen) atoms. The highest BCUT2D eigenvalue weighted by Gasteiger charge is 2.17. The molecule has 0 aliphatic carbocycles. The molecule has 1 amide bonds. The molecule has 0 unspecified atom stereocenters. The van der Waals surface area contributed by atoms with E-state index >= 15 is 0 Å². The summed E-state index contributed by atoms with van der Waals surface area (Å²) in [6.45, 7) is 3.04. The number of fused-ring (bicyclic) bond motifs is 1. The number of ether oxygens (including phenoxy) is 2. The SMILES string of the molecule is COc1cccc(-c2nc(Nc3ccncc3NC(=O)CN3CCOCC3)c3cccn3n2)n1. The minimum absolute atomic E-state index is 0.116. The number of rotatable bonds is 7. The van der Waals surface area contributed by atoms with Gasteiger partial charge in [0.2, 0.25) is 17.6 Å². The van der Waals surface area contributed by atoms with Gasteiger partial charge in [-0.2, -0.15) is 0 Å². The predicted molar refractivity (Wildman–Crippen MR) is 126 cm³/mol. The van der Waals surface area contributed by atoms with Gasteiger partial charge < -0.3 is 20.1 Å². The maximum atomic E-state index is 12.7. The molecule has 0 bridgehead atoms. The van der Waals surface area contributed by atoms with Crippen molar-refractivity contribution in [1.29, 1.82) is 0 Å². The van der Waals surface area contributed by atoms with Crippen molar-refractivity contribution in [2.45, 2.75) is 0 Å². The molecule has 0 radical (unpaired) electrons. The minimum atomic E-state index is -0.116. The molecular weight excluding hydrogens is 436 g/mol. The number of nitrogens with one attached hydrogen (secondary N) is 2. The fourth-order valence-corrected chi connectivity index (χ4v) is 3.67. The molecule has 11 heteroatoms. The smallest absolute Gasteiger partial charge is 0.238 e. The topological polar surface area (TPSA) is 119 Å². The van der Waals surface area contributed by atoms with Crippen LogP contribution in [0.25, 0.3) is 17.0 Å². The Bertz CT molecular complexity index is 1300. The number of aromatic nitrogens is 5. The lowest BCUT2D eigenvalue weighted by Gasteiger charge is -2.26. The highest BCUT2D eigenvalue weighted by atomic mass is 16.5. The molecule has 0 spiro atoms. The van der Waals surface area contributed by atoms with Crippen LogP contribution in [-0.2, 0) is 9.53 Å². The fourth-order valence-electron chi connectivity index (χ4n) is 3.67. The number of hydrogen-bond acceptors (Lipinski definition) is 9. The van der Waals surface area contributed by atoms with E-state index in [4.69, 9.17) is 14.5 Å². The molecule has 11 nitrogen and oxygen atoms in total. The van der Waals surface area contributed by atoms with Gasteiger partial charge in [-0.15, -0.1) is 5.10 Å². The van der Waals surface area contributed by atoms with E-state index in [1.807, 2.05) is 30.5 Å². The summed E-state index contributed by atoms with van der Waals surface area (Å²) in [5, 5.41) is 10.9. The Kier molecular flexibility index (Phi) is 6.27. The van der Waals surface area contributed by atoms with Crippen LogP contribution >= 0.6 is 0 Å². The van der Waals surface area contributed by atoms with E-state index in [0.717, 1.165) is 18.6 Å². The molecule has 0 saturated carbocycles. The first-order valence-electron chi connectivity index (χ1n) is 10.9. The van der Waals surface area contributed by atoms with Gasteiger partial charge >= 0.3 is 0 Å². The number of nitrogens with zero attached hydrogens (tertiary/aromatic N) is 6. The van der Waals surface area contributed by atoms with E-state index in [1.54, 1.807) is 36.2 Å². The lowest BCUT2D eigenvalue weighted by atomic mass is 10.3. The average molecular weight is 460 g/mol. The monoisotopic (exact) mass is 460 g/mol. The van der Waals surface area contributed by atoms with Gasteiger partial charge in [0.05, 0.1) is 44.4 Å². The number of amides is 1. The van der Waals surface area contributed by atoms with Gasteiger partial charge in [0, 0.05) is 31.5 Å². The molecule has 1 saturated heterocycles. The first-order chi connectivity index (χ1) is 16.7. The zero-order valence-corrected chi connectivity index (χ0v) is 18.6. The van der Waals surface area contributed by atoms with Gasteiger partial charge in [-0.25, -0.2) is 14.5 Å². The number of morpholine rings is 1. The zero-order chi connectivity index (χ0) is 23.3. The lowest BCUT2D eigenvalue weighted by Crippen LogP contribution is -2.41. The maximum Gasteiger partial charge on any atom is 0.238 e. The third-order valence-corrected chi connectivity index (χ3v) is 5.37. The van der Waals surface area contributed by atoms with Gasteiger partial charge in [-0.1, -0.05) is 6.07 Å². The third kappa shape index (κ3) is 4.80. The largest absolute Gasteiger partial charge is 0.481 e. The maximum absolute atomic E-state index is 12.7. The highest BCUT2D eigenvalue weighted by Crippen LogP contribution is 2.27. The van der Waals surface area contributed by atoms with Crippen molar-refractivity contribution >= 4 is 28.6 Å². The van der Waals surface area contributed by atoms with Crippen molar-refractivity contribution in [3.8, 4) is 17.4 Å². The van der Waals surface area contributed by atoms with Crippen molar-refractivity contribution < 1.29 is 14.3 Å². The number of pyridine rings is 2. The molecule has 4 aromatic rings. The number of methoxy groups -OCH3 is 1. The number of carbonyl (C=O) groups is 1. The van der Waals surface area contributed by atoms with E-state index in [2.05, 4.69) is 30.6 Å². The Morgan fingerprint density at radius 2 is 2.00 bits per heavy atom. The molecule has 174 valence electrons. The summed E-state index contributed by atoms with van der Waals surface area (Å²) >= 11 is 0. The number of carbonyl (C=O) groups excluding carboxylic acids is 1. The fraction of sp³-hybridized carbons (Fsp3) is 0.261. The van der Waals surface area contributed by atoms with Crippen molar-refractivity contribution in [1.82, 2.24) is 29.5 Å². The van der Waals surface area contributed by atoms with Crippen LogP contribution in [0.2, 0.25) is 0 Å². The Morgan fingerprint density at radius 1 is 1.12 bits per heavy atom. The standard InChI is InChI=1S/C23H24N8O3/c1-33-21-6-2-4-17(26-21)22-28-23(19-5-3-9-31(19)29-22)27-16-7-8-24-14-18(16)25-20(32)15-30-10-12-34-13-11-30/h2-9,14H,10-13,15H2,1H3,(H,25,32)(H,24,27,28,29). The van der Waals surface area contributed by atoms with Crippen LogP contribution in [0.15, 0.2) is 55.0 Å². The van der Waals surface area contributed by atoms with Crippen LogP contribution in [-0.4, -0.2) is 75.3 Å². The second-order valence-electron chi connectivity index (χ2n) is 7.67. The summed E-state index contributed by atoms with van der Waals surface area (Å²) in [6.07, 6.45) is 5.10. The summed E-state index contributed by atoms with van der Waals surface area (Å²) in [7, 11) is 1.56. The Hall–Kier alpha value is -4.09. The van der Waals surface area contributed by atoms with Crippen LogP contribution in [0.1, 0.15) is 0 Å². The summed E-state index contributed by atoms with van der Waals surface area (Å²) in [5.74, 6) is 1.35. The third-order valence-electron chi connectivity index (χ3n) is 5.37. The molecule has 0 aromatic carbocycles. The Balaban J connectivity index is 1.42. The van der Waals surface area contributed by atoms with Crippen LogP contribution in [0.3, 0.4) is 0 Å². The number of anilines is 3. The van der Waals surface area contributed by atoms with Crippen LogP contribution in [0.4, 0.5) is 17.2 Å². The molecular formula is C23H24N8O3. The van der Waals surface area contributed by atoms with Gasteiger partial charge in [-0.05, 0) is 24.3 Å². The highest BCUT2D eigenvalue weighted by molar-refractivity contribution is 5.96. The Labute approximate surface area is 195 Å². The molecule has 1 fully saturated rings. The molecule has 2 N–H and O–H groups in total. The van der Waals surface area contributed by atoms with Gasteiger partial charge in [0.1, 0.15) is 11.2 Å². The van der Waals surface area contributed by atoms with E-state index < -0.39 is 0 Å². The van der Waals surface area contributed by atoms with Crippen LogP contribution < -0.4 is 15.4 Å². The predicted octanol–water partition coefficient (Wildman–Crippen LogP) is 2.21.